The lowest BCUT2D eigenvalue weighted by atomic mass is 10.1. The van der Waals surface area contributed by atoms with Crippen LogP contribution in [0.15, 0.2) is 71.3 Å². The maximum atomic E-state index is 13.2. The van der Waals surface area contributed by atoms with Crippen molar-refractivity contribution in [2.75, 3.05) is 50.1 Å². The number of rotatable bonds is 7. The van der Waals surface area contributed by atoms with Crippen LogP contribution >= 0.6 is 0 Å². The lowest BCUT2D eigenvalue weighted by Gasteiger charge is -2.39. The van der Waals surface area contributed by atoms with Crippen molar-refractivity contribution in [3.8, 4) is 0 Å². The SMILES string of the molecule is COC(=O)c1ccc(NC(=O)C(=O)NCC(c2ccco2)N2CCN(c3ccc(F)cc3)CC2)cc1. The Kier molecular flexibility index (Phi) is 7.96. The largest absolute Gasteiger partial charge is 0.468 e. The molecule has 4 rings (SSSR count). The number of furan rings is 1. The monoisotopic (exact) mass is 494 g/mol. The molecule has 0 saturated carbocycles. The molecule has 3 aromatic rings. The topological polar surface area (TPSA) is 104 Å². The Labute approximate surface area is 207 Å². The van der Waals surface area contributed by atoms with Gasteiger partial charge in [-0.25, -0.2) is 9.18 Å². The number of benzene rings is 2. The molecule has 1 fully saturated rings. The zero-order valence-electron chi connectivity index (χ0n) is 19.8. The third-order valence-corrected chi connectivity index (χ3v) is 6.04. The highest BCUT2D eigenvalue weighted by Crippen LogP contribution is 2.24. The summed E-state index contributed by atoms with van der Waals surface area (Å²) in [4.78, 5) is 40.8. The maximum Gasteiger partial charge on any atom is 0.337 e. The van der Waals surface area contributed by atoms with Crippen molar-refractivity contribution in [3.05, 3.63) is 84.1 Å². The number of esters is 1. The highest BCUT2D eigenvalue weighted by atomic mass is 19.1. The molecule has 1 unspecified atom stereocenters. The van der Waals surface area contributed by atoms with Crippen LogP contribution in [0.5, 0.6) is 0 Å². The normalized spacial score (nSPS) is 14.7. The summed E-state index contributed by atoms with van der Waals surface area (Å²) in [5, 5.41) is 5.21. The Hall–Kier alpha value is -4.18. The molecule has 0 radical (unpaired) electrons. The van der Waals surface area contributed by atoms with Gasteiger partial charge in [0, 0.05) is 44.1 Å². The molecule has 9 nitrogen and oxygen atoms in total. The first kappa shape index (κ1) is 24.9. The number of ether oxygens (including phenoxy) is 1. The van der Waals surface area contributed by atoms with E-state index in [0.29, 0.717) is 30.1 Å². The number of nitrogens with zero attached hydrogens (tertiary/aromatic N) is 2. The van der Waals surface area contributed by atoms with E-state index in [1.165, 1.54) is 43.5 Å². The number of piperazine rings is 1. The predicted molar refractivity (Wildman–Crippen MR) is 131 cm³/mol. The van der Waals surface area contributed by atoms with Gasteiger partial charge in [-0.2, -0.15) is 0 Å². The Morgan fingerprint density at radius 2 is 1.67 bits per heavy atom. The van der Waals surface area contributed by atoms with E-state index in [2.05, 4.69) is 25.2 Å². The summed E-state index contributed by atoms with van der Waals surface area (Å²) < 4.78 is 23.5. The summed E-state index contributed by atoms with van der Waals surface area (Å²) in [7, 11) is 1.28. The molecule has 0 spiro atoms. The lowest BCUT2D eigenvalue weighted by Crippen LogP contribution is -2.50. The van der Waals surface area contributed by atoms with Crippen molar-refractivity contribution >= 4 is 29.2 Å². The van der Waals surface area contributed by atoms with Crippen LogP contribution in [-0.2, 0) is 14.3 Å². The van der Waals surface area contributed by atoms with E-state index in [-0.39, 0.29) is 18.4 Å². The summed E-state index contributed by atoms with van der Waals surface area (Å²) in [6.45, 7) is 3.00. The molecule has 188 valence electrons. The lowest BCUT2D eigenvalue weighted by molar-refractivity contribution is -0.136. The molecule has 2 heterocycles. The van der Waals surface area contributed by atoms with Gasteiger partial charge in [0.2, 0.25) is 0 Å². The van der Waals surface area contributed by atoms with Gasteiger partial charge in [-0.05, 0) is 60.7 Å². The molecule has 2 N–H and O–H groups in total. The van der Waals surface area contributed by atoms with Gasteiger partial charge in [0.25, 0.3) is 0 Å². The first-order chi connectivity index (χ1) is 17.4. The highest BCUT2D eigenvalue weighted by Gasteiger charge is 2.28. The number of hydrogen-bond donors (Lipinski definition) is 2. The van der Waals surface area contributed by atoms with Crippen LogP contribution in [0.4, 0.5) is 15.8 Å². The molecule has 1 saturated heterocycles. The van der Waals surface area contributed by atoms with Crippen LogP contribution in [-0.4, -0.2) is 62.5 Å². The van der Waals surface area contributed by atoms with Gasteiger partial charge < -0.3 is 24.7 Å². The van der Waals surface area contributed by atoms with Gasteiger partial charge in [0.05, 0.1) is 25.0 Å². The van der Waals surface area contributed by atoms with Crippen LogP contribution < -0.4 is 15.5 Å². The molecule has 36 heavy (non-hydrogen) atoms. The van der Waals surface area contributed by atoms with Crippen LogP contribution in [0.25, 0.3) is 0 Å². The van der Waals surface area contributed by atoms with Gasteiger partial charge in [-0.3, -0.25) is 14.5 Å². The van der Waals surface area contributed by atoms with E-state index in [1.54, 1.807) is 24.5 Å². The van der Waals surface area contributed by atoms with E-state index in [9.17, 15) is 18.8 Å². The highest BCUT2D eigenvalue weighted by molar-refractivity contribution is 6.39. The maximum absolute atomic E-state index is 13.2. The van der Waals surface area contributed by atoms with Crippen molar-refractivity contribution < 1.29 is 27.9 Å². The fourth-order valence-corrected chi connectivity index (χ4v) is 4.10. The van der Waals surface area contributed by atoms with Gasteiger partial charge >= 0.3 is 17.8 Å². The average Bonchev–Trinajstić information content (AvgIpc) is 3.44. The summed E-state index contributed by atoms with van der Waals surface area (Å²) in [5.74, 6) is -1.68. The van der Waals surface area contributed by atoms with Crippen molar-refractivity contribution in [1.82, 2.24) is 10.2 Å². The Balaban J connectivity index is 1.33. The van der Waals surface area contributed by atoms with Crippen molar-refractivity contribution in [1.29, 1.82) is 0 Å². The van der Waals surface area contributed by atoms with Crippen LogP contribution in [0.1, 0.15) is 22.2 Å². The molecule has 1 aromatic heterocycles. The van der Waals surface area contributed by atoms with E-state index >= 15 is 0 Å². The first-order valence-corrected chi connectivity index (χ1v) is 11.5. The summed E-state index contributed by atoms with van der Waals surface area (Å²) in [6, 6.07) is 15.8. The third-order valence-electron chi connectivity index (χ3n) is 6.04. The molecule has 1 aliphatic heterocycles. The second-order valence-corrected chi connectivity index (χ2v) is 8.26. The minimum absolute atomic E-state index is 0.178. The molecule has 0 bridgehead atoms. The molecule has 2 aromatic carbocycles. The van der Waals surface area contributed by atoms with Crippen molar-refractivity contribution in [2.24, 2.45) is 0 Å². The molecular formula is C26H27FN4O5. The first-order valence-electron chi connectivity index (χ1n) is 11.5. The summed E-state index contributed by atoms with van der Waals surface area (Å²) >= 11 is 0. The second-order valence-electron chi connectivity index (χ2n) is 8.26. The molecule has 2 amide bonds. The van der Waals surface area contributed by atoms with E-state index < -0.39 is 17.8 Å². The van der Waals surface area contributed by atoms with E-state index in [1.807, 2.05) is 6.07 Å². The number of anilines is 2. The fraction of sp³-hybridized carbons (Fsp3) is 0.269. The molecular weight excluding hydrogens is 467 g/mol. The van der Waals surface area contributed by atoms with Crippen LogP contribution in [0.3, 0.4) is 0 Å². The number of nitrogens with one attached hydrogen (secondary N) is 2. The fourth-order valence-electron chi connectivity index (χ4n) is 4.10. The minimum Gasteiger partial charge on any atom is -0.468 e. The van der Waals surface area contributed by atoms with Crippen molar-refractivity contribution in [2.45, 2.75) is 6.04 Å². The summed E-state index contributed by atoms with van der Waals surface area (Å²) in [6.07, 6.45) is 1.57. The third kappa shape index (κ3) is 6.08. The molecule has 1 atom stereocenters. The quantitative estimate of drug-likeness (QED) is 0.385. The standard InChI is InChI=1S/C26H27FN4O5/c1-35-26(34)18-4-8-20(9-5-18)29-25(33)24(32)28-17-22(23-3-2-16-36-23)31-14-12-30(13-15-31)21-10-6-19(27)7-11-21/h2-11,16,22H,12-15,17H2,1H3,(H,28,32)(H,29,33). The van der Waals surface area contributed by atoms with E-state index in [0.717, 1.165) is 18.8 Å². The number of amides is 2. The van der Waals surface area contributed by atoms with Crippen molar-refractivity contribution in [3.63, 3.8) is 0 Å². The number of carbonyl (C=O) groups excluding carboxylic acids is 3. The Morgan fingerprint density at radius 3 is 2.28 bits per heavy atom. The summed E-state index contributed by atoms with van der Waals surface area (Å²) in [5.41, 5.74) is 1.67. The predicted octanol–water partition coefficient (Wildman–Crippen LogP) is 2.82. The second kappa shape index (κ2) is 11.5. The number of halogens is 1. The van der Waals surface area contributed by atoms with Crippen LogP contribution in [0, 0.1) is 5.82 Å². The molecule has 10 heteroatoms. The van der Waals surface area contributed by atoms with Gasteiger partial charge in [-0.15, -0.1) is 0 Å². The van der Waals surface area contributed by atoms with Gasteiger partial charge in [0.15, 0.2) is 0 Å². The zero-order valence-corrected chi connectivity index (χ0v) is 19.8. The molecule has 0 aliphatic carbocycles. The number of methoxy groups -OCH3 is 1. The Bertz CT molecular complexity index is 1170. The Morgan fingerprint density at radius 1 is 0.972 bits per heavy atom. The molecule has 1 aliphatic rings. The number of hydrogen-bond acceptors (Lipinski definition) is 7. The smallest absolute Gasteiger partial charge is 0.337 e. The minimum atomic E-state index is -0.819. The average molecular weight is 495 g/mol. The number of carbonyl (C=O) groups is 3. The van der Waals surface area contributed by atoms with Gasteiger partial charge in [-0.1, -0.05) is 0 Å². The van der Waals surface area contributed by atoms with Gasteiger partial charge in [0.1, 0.15) is 11.6 Å². The zero-order chi connectivity index (χ0) is 25.5. The van der Waals surface area contributed by atoms with Crippen LogP contribution in [0.2, 0.25) is 0 Å². The van der Waals surface area contributed by atoms with E-state index in [4.69, 9.17) is 4.42 Å².